The lowest BCUT2D eigenvalue weighted by molar-refractivity contribution is -0.383. The predicted octanol–water partition coefficient (Wildman–Crippen LogP) is 3.44. The van der Waals surface area contributed by atoms with Crippen molar-refractivity contribution in [3.05, 3.63) is 44.4 Å². The summed E-state index contributed by atoms with van der Waals surface area (Å²) >= 11 is 12.4. The van der Waals surface area contributed by atoms with E-state index in [4.69, 9.17) is 23.2 Å². The number of benzene rings is 1. The van der Waals surface area contributed by atoms with Crippen LogP contribution in [0.1, 0.15) is 0 Å². The van der Waals surface area contributed by atoms with Crippen molar-refractivity contribution >= 4 is 66.7 Å². The minimum atomic E-state index is -3.60. The van der Waals surface area contributed by atoms with Crippen molar-refractivity contribution < 1.29 is 18.1 Å². The number of likely N-dealkylation sites (N-methyl/N-ethyl adjacent to an activating group) is 1. The second kappa shape index (κ2) is 7.78. The fraction of sp³-hybridized carbons (Fsp3) is 0.214. The van der Waals surface area contributed by atoms with Gasteiger partial charge in [0.1, 0.15) is 4.21 Å². The van der Waals surface area contributed by atoms with Crippen molar-refractivity contribution in [2.75, 3.05) is 30.1 Å². The van der Waals surface area contributed by atoms with Crippen LogP contribution >= 0.6 is 34.5 Å². The quantitative estimate of drug-likeness (QED) is 0.547. The third-order valence-corrected chi connectivity index (χ3v) is 6.94. The first kappa shape index (κ1) is 20.4. The zero-order chi connectivity index (χ0) is 19.6. The Bertz CT molecular complexity index is 975. The Morgan fingerprint density at radius 1 is 1.31 bits per heavy atom. The van der Waals surface area contributed by atoms with Crippen LogP contribution in [-0.2, 0) is 14.6 Å². The first-order valence-electron chi connectivity index (χ1n) is 6.93. The van der Waals surface area contributed by atoms with Gasteiger partial charge in [0.25, 0.3) is 0 Å². The van der Waals surface area contributed by atoms with Crippen LogP contribution in [0.15, 0.2) is 28.5 Å². The van der Waals surface area contributed by atoms with Crippen LogP contribution in [0, 0.1) is 10.1 Å². The van der Waals surface area contributed by atoms with Gasteiger partial charge in [-0.25, -0.2) is 8.42 Å². The van der Waals surface area contributed by atoms with Crippen molar-refractivity contribution in [3.63, 3.8) is 0 Å². The molecule has 1 N–H and O–H groups in total. The van der Waals surface area contributed by atoms with Crippen LogP contribution in [0.2, 0.25) is 10.0 Å². The maximum atomic E-state index is 12.2. The molecular formula is C14H13Cl2N3O5S2. The van der Waals surface area contributed by atoms with Gasteiger partial charge in [-0.2, -0.15) is 0 Å². The van der Waals surface area contributed by atoms with Gasteiger partial charge in [-0.3, -0.25) is 14.9 Å². The highest BCUT2D eigenvalue weighted by Crippen LogP contribution is 2.39. The van der Waals surface area contributed by atoms with Crippen LogP contribution in [-0.4, -0.2) is 39.1 Å². The summed E-state index contributed by atoms with van der Waals surface area (Å²) in [5.41, 5.74) is 0.0376. The molecule has 0 radical (unpaired) electrons. The number of hydrogen-bond acceptors (Lipinski definition) is 7. The second-order valence-electron chi connectivity index (χ2n) is 5.32. The van der Waals surface area contributed by atoms with Crippen molar-refractivity contribution in [2.24, 2.45) is 0 Å². The zero-order valence-electron chi connectivity index (χ0n) is 13.5. The number of nitrogens with one attached hydrogen (secondary N) is 1. The van der Waals surface area contributed by atoms with Gasteiger partial charge in [-0.15, -0.1) is 0 Å². The molecule has 1 aromatic heterocycles. The number of hydrogen-bond donors (Lipinski definition) is 1. The predicted molar refractivity (Wildman–Crippen MR) is 102 cm³/mol. The largest absolute Gasteiger partial charge is 0.352 e. The summed E-state index contributed by atoms with van der Waals surface area (Å²) in [5.74, 6) is -0.463. The molecule has 2 aromatic rings. The SMILES string of the molecule is CN(CC(=O)Nc1ccc(Cl)c(Cl)c1)c1sc(S(C)(=O)=O)cc1[N+](=O)[O-]. The number of nitro groups is 1. The molecule has 0 unspecified atom stereocenters. The van der Waals surface area contributed by atoms with E-state index in [1.807, 2.05) is 0 Å². The van der Waals surface area contributed by atoms with E-state index in [2.05, 4.69) is 5.32 Å². The lowest BCUT2D eigenvalue weighted by Gasteiger charge is -2.16. The Hall–Kier alpha value is -1.88. The first-order valence-corrected chi connectivity index (χ1v) is 10.4. The molecule has 26 heavy (non-hydrogen) atoms. The molecule has 0 bridgehead atoms. The molecule has 12 heteroatoms. The summed E-state index contributed by atoms with van der Waals surface area (Å²) in [6.07, 6.45) is 0.962. The molecule has 1 heterocycles. The van der Waals surface area contributed by atoms with Crippen molar-refractivity contribution in [1.29, 1.82) is 0 Å². The third kappa shape index (κ3) is 4.85. The van der Waals surface area contributed by atoms with Gasteiger partial charge >= 0.3 is 5.69 Å². The molecule has 0 fully saturated rings. The van der Waals surface area contributed by atoms with Gasteiger partial charge in [0, 0.05) is 25.1 Å². The van der Waals surface area contributed by atoms with Gasteiger partial charge in [-0.1, -0.05) is 34.5 Å². The minimum Gasteiger partial charge on any atom is -0.352 e. The van der Waals surface area contributed by atoms with E-state index in [0.29, 0.717) is 10.7 Å². The summed E-state index contributed by atoms with van der Waals surface area (Å²) in [6.45, 7) is -0.231. The van der Waals surface area contributed by atoms with Crippen LogP contribution in [0.4, 0.5) is 16.4 Å². The molecule has 2 rings (SSSR count). The Morgan fingerprint density at radius 2 is 1.96 bits per heavy atom. The van der Waals surface area contributed by atoms with Crippen molar-refractivity contribution in [1.82, 2.24) is 0 Å². The summed E-state index contributed by atoms with van der Waals surface area (Å²) in [7, 11) is -2.14. The van der Waals surface area contributed by atoms with Gasteiger partial charge < -0.3 is 10.2 Å². The van der Waals surface area contributed by atoms with E-state index in [1.165, 1.54) is 24.1 Å². The summed E-state index contributed by atoms with van der Waals surface area (Å²) in [5, 5.41) is 14.4. The smallest absolute Gasteiger partial charge is 0.305 e. The Labute approximate surface area is 163 Å². The lowest BCUT2D eigenvalue weighted by Crippen LogP contribution is -2.29. The van der Waals surface area contributed by atoms with Crippen LogP contribution in [0.25, 0.3) is 0 Å². The molecule has 1 amide bonds. The van der Waals surface area contributed by atoms with Crippen LogP contribution < -0.4 is 10.2 Å². The van der Waals surface area contributed by atoms with E-state index in [0.717, 1.165) is 23.7 Å². The highest BCUT2D eigenvalue weighted by Gasteiger charge is 2.26. The first-order chi connectivity index (χ1) is 12.0. The molecule has 8 nitrogen and oxygen atoms in total. The molecule has 0 atom stereocenters. The Kier molecular flexibility index (Phi) is 6.12. The maximum Gasteiger partial charge on any atom is 0.305 e. The number of rotatable bonds is 6. The van der Waals surface area contributed by atoms with E-state index < -0.39 is 20.7 Å². The zero-order valence-corrected chi connectivity index (χ0v) is 16.7. The average Bonchev–Trinajstić information content (AvgIpc) is 2.96. The Morgan fingerprint density at radius 3 is 2.50 bits per heavy atom. The number of anilines is 2. The number of halogens is 2. The topological polar surface area (TPSA) is 110 Å². The standard InChI is InChI=1S/C14H13Cl2N3O5S2/c1-18(7-12(20)17-8-3-4-9(15)10(16)5-8)14-11(19(21)22)6-13(25-14)26(2,23)24/h3-6H,7H2,1-2H3,(H,17,20). The molecule has 0 saturated heterocycles. The van der Waals surface area contributed by atoms with Crippen molar-refractivity contribution in [2.45, 2.75) is 4.21 Å². The van der Waals surface area contributed by atoms with E-state index in [-0.39, 0.29) is 26.5 Å². The molecule has 0 spiro atoms. The number of carbonyl (C=O) groups excluding carboxylic acids is 1. The van der Waals surface area contributed by atoms with Crippen molar-refractivity contribution in [3.8, 4) is 0 Å². The maximum absolute atomic E-state index is 12.2. The Balaban J connectivity index is 2.19. The van der Waals surface area contributed by atoms with Gasteiger partial charge in [0.15, 0.2) is 14.8 Å². The van der Waals surface area contributed by atoms with E-state index >= 15 is 0 Å². The normalized spacial score (nSPS) is 11.2. The molecule has 0 aliphatic rings. The fourth-order valence-electron chi connectivity index (χ4n) is 2.00. The minimum absolute atomic E-state index is 0.0692. The molecule has 0 aliphatic carbocycles. The van der Waals surface area contributed by atoms with Gasteiger partial charge in [0.05, 0.1) is 21.5 Å². The number of thiophene rings is 1. The molecule has 140 valence electrons. The second-order valence-corrected chi connectivity index (χ2v) is 9.41. The number of nitrogens with zero attached hydrogens (tertiary/aromatic N) is 2. The van der Waals surface area contributed by atoms with Crippen LogP contribution in [0.5, 0.6) is 0 Å². The van der Waals surface area contributed by atoms with Crippen LogP contribution in [0.3, 0.4) is 0 Å². The fourth-order valence-corrected chi connectivity index (χ4v) is 4.28. The molecule has 1 aromatic carbocycles. The van der Waals surface area contributed by atoms with Gasteiger partial charge in [-0.05, 0) is 18.2 Å². The lowest BCUT2D eigenvalue weighted by atomic mass is 10.3. The van der Waals surface area contributed by atoms with E-state index in [9.17, 15) is 23.3 Å². The average molecular weight is 438 g/mol. The summed E-state index contributed by atoms with van der Waals surface area (Å²) in [4.78, 5) is 24.0. The monoisotopic (exact) mass is 437 g/mol. The molecule has 0 aliphatic heterocycles. The molecular weight excluding hydrogens is 425 g/mol. The third-order valence-electron chi connectivity index (χ3n) is 3.16. The number of sulfone groups is 1. The highest BCUT2D eigenvalue weighted by molar-refractivity contribution is 7.92. The highest BCUT2D eigenvalue weighted by atomic mass is 35.5. The van der Waals surface area contributed by atoms with E-state index in [1.54, 1.807) is 6.07 Å². The number of carbonyl (C=O) groups is 1. The van der Waals surface area contributed by atoms with Gasteiger partial charge in [0.2, 0.25) is 5.91 Å². The molecule has 0 saturated carbocycles. The summed E-state index contributed by atoms with van der Waals surface area (Å²) in [6, 6.07) is 5.53. The summed E-state index contributed by atoms with van der Waals surface area (Å²) < 4.78 is 23.1. The number of amides is 1.